The minimum atomic E-state index is -0.993. The molecule has 0 unspecified atom stereocenters. The van der Waals surface area contributed by atoms with E-state index in [1.807, 2.05) is 30.3 Å². The van der Waals surface area contributed by atoms with Gasteiger partial charge in [0.1, 0.15) is 5.84 Å². The van der Waals surface area contributed by atoms with E-state index in [2.05, 4.69) is 0 Å². The van der Waals surface area contributed by atoms with E-state index in [0.717, 1.165) is 16.3 Å². The van der Waals surface area contributed by atoms with Gasteiger partial charge in [0.15, 0.2) is 0 Å². The molecule has 0 radical (unpaired) electrons. The van der Waals surface area contributed by atoms with Crippen molar-refractivity contribution in [2.75, 3.05) is 5.73 Å². The Morgan fingerprint density at radius 2 is 1.65 bits per heavy atom. The van der Waals surface area contributed by atoms with Gasteiger partial charge >= 0.3 is 5.97 Å². The van der Waals surface area contributed by atoms with Crippen LogP contribution in [0.5, 0.6) is 0 Å². The molecule has 0 bridgehead atoms. The van der Waals surface area contributed by atoms with Crippen LogP contribution in [-0.4, -0.2) is 16.9 Å². The summed E-state index contributed by atoms with van der Waals surface area (Å²) in [6, 6.07) is 15.8. The molecule has 0 heterocycles. The van der Waals surface area contributed by atoms with Crippen molar-refractivity contribution in [3.05, 3.63) is 65.7 Å². The summed E-state index contributed by atoms with van der Waals surface area (Å²) in [7, 11) is 0. The first-order valence-corrected chi connectivity index (χ1v) is 6.97. The monoisotopic (exact) mass is 305 g/mol. The average molecular weight is 305 g/mol. The van der Waals surface area contributed by atoms with Crippen molar-refractivity contribution in [1.82, 2.24) is 0 Å². The molecular weight excluding hydrogens is 290 g/mol. The number of carbonyl (C=O) groups is 1. The molecule has 0 aliphatic rings. The maximum absolute atomic E-state index is 11.4. The van der Waals surface area contributed by atoms with E-state index in [9.17, 15) is 9.90 Å². The number of carboxylic acid groups (broad SMARTS) is 1. The number of nitrogens with two attached hydrogens (primary N) is 2. The Kier molecular flexibility index (Phi) is 3.46. The van der Waals surface area contributed by atoms with Crippen LogP contribution >= 0.6 is 0 Å². The van der Waals surface area contributed by atoms with Gasteiger partial charge in [-0.3, -0.25) is 5.41 Å². The Morgan fingerprint density at radius 1 is 0.957 bits per heavy atom. The molecule has 0 aliphatic carbocycles. The second-order valence-corrected chi connectivity index (χ2v) is 5.30. The Hall–Kier alpha value is -3.34. The first kappa shape index (κ1) is 14.6. The summed E-state index contributed by atoms with van der Waals surface area (Å²) in [4.78, 5) is 11.4. The zero-order valence-electron chi connectivity index (χ0n) is 12.2. The topological polar surface area (TPSA) is 113 Å². The highest BCUT2D eigenvalue weighted by molar-refractivity contribution is 6.01. The molecule has 6 N–H and O–H groups in total. The van der Waals surface area contributed by atoms with Gasteiger partial charge in [-0.05, 0) is 52.2 Å². The molecule has 114 valence electrons. The smallest absolute Gasteiger partial charge is 0.336 e. The van der Waals surface area contributed by atoms with Gasteiger partial charge in [0.2, 0.25) is 0 Å². The number of nitrogen functional groups attached to an aromatic ring is 2. The Bertz CT molecular complexity index is 948. The highest BCUT2D eigenvalue weighted by Gasteiger charge is 2.12. The third kappa shape index (κ3) is 2.72. The molecule has 0 saturated heterocycles. The number of hydrogen-bond acceptors (Lipinski definition) is 3. The summed E-state index contributed by atoms with van der Waals surface area (Å²) >= 11 is 0. The zero-order valence-corrected chi connectivity index (χ0v) is 12.2. The molecule has 0 atom stereocenters. The molecule has 3 aromatic rings. The van der Waals surface area contributed by atoms with Crippen LogP contribution in [0.15, 0.2) is 54.6 Å². The standard InChI is InChI=1S/C18H15N3O2/c19-14-5-6-15(18(22)23)16(9-14)12-3-1-11-8-13(17(20)21)4-2-10(11)7-12/h1-9H,19H2,(H3,20,21)(H,22,23). The zero-order chi connectivity index (χ0) is 16.6. The highest BCUT2D eigenvalue weighted by Crippen LogP contribution is 2.29. The second kappa shape index (κ2) is 5.46. The first-order valence-electron chi connectivity index (χ1n) is 6.97. The fourth-order valence-electron chi connectivity index (χ4n) is 2.57. The van der Waals surface area contributed by atoms with Crippen LogP contribution in [0.1, 0.15) is 15.9 Å². The number of fused-ring (bicyclic) bond motifs is 1. The Labute approximate surface area is 132 Å². The predicted octanol–water partition coefficient (Wildman–Crippen LogP) is 3.07. The van der Waals surface area contributed by atoms with Crippen LogP contribution in [0.3, 0.4) is 0 Å². The largest absolute Gasteiger partial charge is 0.478 e. The molecule has 0 amide bonds. The molecule has 0 aromatic heterocycles. The van der Waals surface area contributed by atoms with Gasteiger partial charge < -0.3 is 16.6 Å². The van der Waals surface area contributed by atoms with Crippen LogP contribution in [0, 0.1) is 5.41 Å². The number of anilines is 1. The van der Waals surface area contributed by atoms with Crippen molar-refractivity contribution in [3.63, 3.8) is 0 Å². The van der Waals surface area contributed by atoms with Crippen LogP contribution < -0.4 is 11.5 Å². The fraction of sp³-hybridized carbons (Fsp3) is 0. The van der Waals surface area contributed by atoms with Gasteiger partial charge in [0, 0.05) is 11.3 Å². The molecular formula is C18H15N3O2. The Balaban J connectivity index is 2.18. The van der Waals surface area contributed by atoms with Crippen molar-refractivity contribution in [2.24, 2.45) is 5.73 Å². The SMILES string of the molecule is N=C(N)c1ccc2cc(-c3cc(N)ccc3C(=O)O)ccc2c1. The van der Waals surface area contributed by atoms with Crippen molar-refractivity contribution < 1.29 is 9.90 Å². The summed E-state index contributed by atoms with van der Waals surface area (Å²) < 4.78 is 0. The lowest BCUT2D eigenvalue weighted by Gasteiger charge is -2.09. The summed E-state index contributed by atoms with van der Waals surface area (Å²) in [6.45, 7) is 0. The third-order valence-corrected chi connectivity index (χ3v) is 3.74. The number of rotatable bonds is 3. The first-order chi connectivity index (χ1) is 11.0. The average Bonchev–Trinajstić information content (AvgIpc) is 2.53. The van der Waals surface area contributed by atoms with Gasteiger partial charge in [-0.2, -0.15) is 0 Å². The summed E-state index contributed by atoms with van der Waals surface area (Å²) in [6.07, 6.45) is 0. The molecule has 5 nitrogen and oxygen atoms in total. The molecule has 0 spiro atoms. The van der Waals surface area contributed by atoms with E-state index in [-0.39, 0.29) is 11.4 Å². The lowest BCUT2D eigenvalue weighted by molar-refractivity contribution is 0.0698. The quantitative estimate of drug-likeness (QED) is 0.338. The van der Waals surface area contributed by atoms with E-state index in [4.69, 9.17) is 16.9 Å². The normalized spacial score (nSPS) is 10.6. The van der Waals surface area contributed by atoms with Gasteiger partial charge in [-0.25, -0.2) is 4.79 Å². The van der Waals surface area contributed by atoms with Crippen molar-refractivity contribution >= 4 is 28.3 Å². The number of benzene rings is 3. The lowest BCUT2D eigenvalue weighted by Crippen LogP contribution is -2.10. The van der Waals surface area contributed by atoms with E-state index < -0.39 is 5.97 Å². The maximum Gasteiger partial charge on any atom is 0.336 e. The second-order valence-electron chi connectivity index (χ2n) is 5.30. The summed E-state index contributed by atoms with van der Waals surface area (Å²) in [5.41, 5.74) is 14.0. The predicted molar refractivity (Wildman–Crippen MR) is 91.8 cm³/mol. The minimum Gasteiger partial charge on any atom is -0.478 e. The number of carboxylic acids is 1. The lowest BCUT2D eigenvalue weighted by atomic mass is 9.96. The van der Waals surface area contributed by atoms with Crippen molar-refractivity contribution in [3.8, 4) is 11.1 Å². The minimum absolute atomic E-state index is 0.0139. The maximum atomic E-state index is 11.4. The molecule has 3 aromatic carbocycles. The number of amidine groups is 1. The number of aromatic carboxylic acids is 1. The molecule has 3 rings (SSSR count). The van der Waals surface area contributed by atoms with Crippen LogP contribution in [0.2, 0.25) is 0 Å². The van der Waals surface area contributed by atoms with Crippen LogP contribution in [-0.2, 0) is 0 Å². The fourth-order valence-corrected chi connectivity index (χ4v) is 2.57. The van der Waals surface area contributed by atoms with Crippen molar-refractivity contribution in [2.45, 2.75) is 0 Å². The molecule has 23 heavy (non-hydrogen) atoms. The highest BCUT2D eigenvalue weighted by atomic mass is 16.4. The van der Waals surface area contributed by atoms with Crippen molar-refractivity contribution in [1.29, 1.82) is 5.41 Å². The summed E-state index contributed by atoms with van der Waals surface area (Å²) in [5.74, 6) is -0.980. The third-order valence-electron chi connectivity index (χ3n) is 3.74. The van der Waals surface area contributed by atoms with Gasteiger partial charge in [0.05, 0.1) is 5.56 Å². The van der Waals surface area contributed by atoms with Gasteiger partial charge in [-0.1, -0.05) is 24.3 Å². The van der Waals surface area contributed by atoms with Crippen LogP contribution in [0.4, 0.5) is 5.69 Å². The summed E-state index contributed by atoms with van der Waals surface area (Å²) in [5, 5.41) is 18.7. The van der Waals surface area contributed by atoms with Gasteiger partial charge in [-0.15, -0.1) is 0 Å². The van der Waals surface area contributed by atoms with E-state index in [1.165, 1.54) is 6.07 Å². The van der Waals surface area contributed by atoms with E-state index in [0.29, 0.717) is 16.8 Å². The van der Waals surface area contributed by atoms with Crippen LogP contribution in [0.25, 0.3) is 21.9 Å². The molecule has 0 fully saturated rings. The van der Waals surface area contributed by atoms with E-state index in [1.54, 1.807) is 18.2 Å². The molecule has 0 saturated carbocycles. The number of nitrogens with one attached hydrogen (secondary N) is 1. The molecule has 5 heteroatoms. The molecule has 0 aliphatic heterocycles. The Morgan fingerprint density at radius 3 is 2.35 bits per heavy atom. The number of hydrogen-bond donors (Lipinski definition) is 4. The van der Waals surface area contributed by atoms with Gasteiger partial charge in [0.25, 0.3) is 0 Å². The van der Waals surface area contributed by atoms with E-state index >= 15 is 0 Å².